The summed E-state index contributed by atoms with van der Waals surface area (Å²) in [5, 5.41) is 0. The van der Waals surface area contributed by atoms with Gasteiger partial charge in [-0.3, -0.25) is 0 Å². The first-order valence-electron chi connectivity index (χ1n) is 6.89. The molecule has 0 aromatic carbocycles. The molecule has 0 saturated heterocycles. The first-order valence-corrected chi connectivity index (χ1v) is 9.20. The molecule has 4 heteroatoms. The Morgan fingerprint density at radius 1 is 1.63 bits per heavy atom. The summed E-state index contributed by atoms with van der Waals surface area (Å²) in [4.78, 5) is 0. The molecule has 0 radical (unpaired) electrons. The molecule has 1 aliphatic heterocycles. The Hall–Kier alpha value is -0.0800. The molecule has 0 spiro atoms. The lowest BCUT2D eigenvalue weighted by Crippen LogP contribution is -2.21. The SMILES string of the molecule is C/C=C(\C=C/C(C)C1=CC[S+]([O-])CC1)CC(N)CP. The van der Waals surface area contributed by atoms with Crippen molar-refractivity contribution in [3.8, 4) is 0 Å². The first-order chi connectivity index (χ1) is 9.06. The van der Waals surface area contributed by atoms with Crippen LogP contribution in [0.2, 0.25) is 0 Å². The highest BCUT2D eigenvalue weighted by Gasteiger charge is 2.16. The van der Waals surface area contributed by atoms with Crippen LogP contribution in [0, 0.1) is 5.92 Å². The van der Waals surface area contributed by atoms with Crippen LogP contribution in [0.4, 0.5) is 0 Å². The van der Waals surface area contributed by atoms with Gasteiger partial charge in [-0.25, -0.2) is 0 Å². The van der Waals surface area contributed by atoms with E-state index < -0.39 is 11.2 Å². The fraction of sp³-hybridized carbons (Fsp3) is 0.600. The van der Waals surface area contributed by atoms with Gasteiger partial charge in [0, 0.05) is 12.5 Å². The quantitative estimate of drug-likeness (QED) is 0.355. The maximum Gasteiger partial charge on any atom is 0.124 e. The van der Waals surface area contributed by atoms with Crippen molar-refractivity contribution in [1.82, 2.24) is 0 Å². The van der Waals surface area contributed by atoms with E-state index in [1.807, 2.05) is 0 Å². The second kappa shape index (κ2) is 8.97. The number of nitrogens with two attached hydrogens (primary N) is 1. The molecule has 1 heterocycles. The molecule has 2 nitrogen and oxygen atoms in total. The van der Waals surface area contributed by atoms with Gasteiger partial charge in [0.15, 0.2) is 0 Å². The zero-order valence-corrected chi connectivity index (χ0v) is 13.9. The topological polar surface area (TPSA) is 49.1 Å². The summed E-state index contributed by atoms with van der Waals surface area (Å²) in [6.07, 6.45) is 11.5. The smallest absolute Gasteiger partial charge is 0.124 e. The number of hydrogen-bond acceptors (Lipinski definition) is 2. The van der Waals surface area contributed by atoms with E-state index >= 15 is 0 Å². The Labute approximate surface area is 123 Å². The second-order valence-corrected chi connectivity index (χ2v) is 7.14. The average Bonchev–Trinajstić information content (AvgIpc) is 2.43. The van der Waals surface area contributed by atoms with Crippen LogP contribution in [0.25, 0.3) is 0 Å². The van der Waals surface area contributed by atoms with E-state index in [1.54, 1.807) is 0 Å². The molecule has 1 aliphatic rings. The van der Waals surface area contributed by atoms with E-state index in [2.05, 4.69) is 47.4 Å². The van der Waals surface area contributed by atoms with Crippen LogP contribution in [0.15, 0.2) is 35.5 Å². The summed E-state index contributed by atoms with van der Waals surface area (Å²) in [6.45, 7) is 4.27. The van der Waals surface area contributed by atoms with Crippen LogP contribution in [-0.4, -0.2) is 28.3 Å². The van der Waals surface area contributed by atoms with Gasteiger partial charge in [0.05, 0.1) is 0 Å². The van der Waals surface area contributed by atoms with Crippen LogP contribution in [-0.2, 0) is 11.2 Å². The maximum absolute atomic E-state index is 11.3. The Kier molecular flexibility index (Phi) is 8.01. The molecule has 0 aliphatic carbocycles. The Morgan fingerprint density at radius 2 is 2.37 bits per heavy atom. The van der Waals surface area contributed by atoms with Crippen molar-refractivity contribution in [1.29, 1.82) is 0 Å². The molecule has 2 N–H and O–H groups in total. The van der Waals surface area contributed by atoms with E-state index in [1.165, 1.54) is 11.1 Å². The fourth-order valence-corrected chi connectivity index (χ4v) is 3.29. The van der Waals surface area contributed by atoms with Crippen molar-refractivity contribution in [2.24, 2.45) is 11.7 Å². The number of rotatable bonds is 6. The summed E-state index contributed by atoms with van der Waals surface area (Å²) in [5.74, 6) is 1.97. The van der Waals surface area contributed by atoms with Crippen LogP contribution in [0.1, 0.15) is 26.7 Å². The fourth-order valence-electron chi connectivity index (χ4n) is 2.09. The van der Waals surface area contributed by atoms with E-state index in [4.69, 9.17) is 5.73 Å². The minimum Gasteiger partial charge on any atom is -0.616 e. The van der Waals surface area contributed by atoms with Gasteiger partial charge < -0.3 is 10.3 Å². The highest BCUT2D eigenvalue weighted by atomic mass is 32.2. The summed E-state index contributed by atoms with van der Waals surface area (Å²) >= 11 is -0.632. The molecule has 19 heavy (non-hydrogen) atoms. The van der Waals surface area contributed by atoms with E-state index in [9.17, 15) is 4.55 Å². The third-order valence-corrected chi connectivity index (χ3v) is 5.31. The molecule has 0 saturated carbocycles. The first kappa shape index (κ1) is 17.0. The van der Waals surface area contributed by atoms with Crippen molar-refractivity contribution in [3.05, 3.63) is 35.5 Å². The van der Waals surface area contributed by atoms with Crippen molar-refractivity contribution in [2.75, 3.05) is 17.7 Å². The largest absolute Gasteiger partial charge is 0.616 e. The van der Waals surface area contributed by atoms with Crippen LogP contribution < -0.4 is 5.73 Å². The lowest BCUT2D eigenvalue weighted by molar-refractivity contribution is 0.593. The number of allylic oxidation sites excluding steroid dienone is 4. The third kappa shape index (κ3) is 6.27. The highest BCUT2D eigenvalue weighted by Crippen LogP contribution is 2.22. The zero-order valence-electron chi connectivity index (χ0n) is 12.0. The lowest BCUT2D eigenvalue weighted by atomic mass is 9.96. The molecule has 4 unspecified atom stereocenters. The van der Waals surface area contributed by atoms with Gasteiger partial charge in [-0.1, -0.05) is 36.3 Å². The van der Waals surface area contributed by atoms with Gasteiger partial charge in [-0.15, -0.1) is 9.24 Å². The monoisotopic (exact) mass is 299 g/mol. The van der Waals surface area contributed by atoms with Crippen molar-refractivity contribution < 1.29 is 4.55 Å². The summed E-state index contributed by atoms with van der Waals surface area (Å²) in [7, 11) is 2.69. The molecular weight excluding hydrogens is 273 g/mol. The molecule has 0 aromatic rings. The second-order valence-electron chi connectivity index (χ2n) is 5.05. The minimum absolute atomic E-state index is 0.215. The zero-order chi connectivity index (χ0) is 14.3. The summed E-state index contributed by atoms with van der Waals surface area (Å²) in [6, 6.07) is 0.215. The maximum atomic E-state index is 11.3. The molecule has 0 fully saturated rings. The molecule has 108 valence electrons. The van der Waals surface area contributed by atoms with Crippen LogP contribution in [0.5, 0.6) is 0 Å². The van der Waals surface area contributed by atoms with Gasteiger partial charge in [0.2, 0.25) is 0 Å². The number of hydrogen-bond donors (Lipinski definition) is 1. The Bertz CT molecular complexity index is 365. The summed E-state index contributed by atoms with van der Waals surface area (Å²) in [5.41, 5.74) is 8.68. The molecule has 0 bridgehead atoms. The standard InChI is InChI=1S/C15H26NOPS/c1-3-13(10-15(16)11-18)5-4-12(2)14-6-8-19(17)9-7-14/h3-6,12,15H,7-11,16,18H2,1-2H3/b5-4-,13-3+. The van der Waals surface area contributed by atoms with Gasteiger partial charge in [0.25, 0.3) is 0 Å². The van der Waals surface area contributed by atoms with Gasteiger partial charge in [-0.2, -0.15) is 0 Å². The van der Waals surface area contributed by atoms with Crippen molar-refractivity contribution in [2.45, 2.75) is 32.7 Å². The molecule has 4 atom stereocenters. The molecular formula is C15H26NOPS. The van der Waals surface area contributed by atoms with E-state index in [0.717, 1.165) is 30.5 Å². The highest BCUT2D eigenvalue weighted by molar-refractivity contribution is 7.91. The van der Waals surface area contributed by atoms with Gasteiger partial charge >= 0.3 is 0 Å². The third-order valence-electron chi connectivity index (χ3n) is 3.51. The average molecular weight is 299 g/mol. The van der Waals surface area contributed by atoms with Crippen molar-refractivity contribution in [3.63, 3.8) is 0 Å². The normalized spacial score (nSPS) is 24.4. The predicted octanol–water partition coefficient (Wildman–Crippen LogP) is 2.80. The van der Waals surface area contributed by atoms with E-state index in [-0.39, 0.29) is 6.04 Å². The predicted molar refractivity (Wildman–Crippen MR) is 89.8 cm³/mol. The Morgan fingerprint density at radius 3 is 2.89 bits per heavy atom. The minimum atomic E-state index is -0.632. The Balaban J connectivity index is 2.54. The van der Waals surface area contributed by atoms with Crippen molar-refractivity contribution >= 4 is 20.4 Å². The van der Waals surface area contributed by atoms with Gasteiger partial charge in [-0.05, 0) is 42.7 Å². The molecule has 0 amide bonds. The molecule has 1 rings (SSSR count). The lowest BCUT2D eigenvalue weighted by Gasteiger charge is -2.20. The molecule has 0 aromatic heterocycles. The van der Waals surface area contributed by atoms with Gasteiger partial charge in [0.1, 0.15) is 11.5 Å². The van der Waals surface area contributed by atoms with Crippen LogP contribution >= 0.6 is 9.24 Å². The van der Waals surface area contributed by atoms with Crippen LogP contribution in [0.3, 0.4) is 0 Å². The van der Waals surface area contributed by atoms with E-state index in [0.29, 0.717) is 5.92 Å². The summed E-state index contributed by atoms with van der Waals surface area (Å²) < 4.78 is 11.3.